The summed E-state index contributed by atoms with van der Waals surface area (Å²) in [4.78, 5) is 8.48. The maximum atomic E-state index is 8.74. The van der Waals surface area contributed by atoms with Gasteiger partial charge in [-0.2, -0.15) is 0 Å². The minimum Gasteiger partial charge on any atom is -0.304 e. The molecule has 0 amide bonds. The SMILES string of the molecule is [2H]C([2H])([2H])c1ccc(-c2[c-]cccc2)nc1.[2H]C([2H])([2H])c1cnc(-c2[c-]ccc(-c3ccccc3)c2)cc1C([2H])([2H])c1ccccc1.[Ir]. The number of hydrogen-bond donors (Lipinski definition) is 0. The van der Waals surface area contributed by atoms with E-state index in [1.807, 2.05) is 60.7 Å². The molecule has 2 aromatic heterocycles. The van der Waals surface area contributed by atoms with Crippen LogP contribution in [-0.4, -0.2) is 9.97 Å². The van der Waals surface area contributed by atoms with E-state index in [2.05, 4.69) is 22.1 Å². The van der Waals surface area contributed by atoms with Crippen molar-refractivity contribution in [3.8, 4) is 33.6 Å². The summed E-state index contributed by atoms with van der Waals surface area (Å²) in [6, 6.07) is 42.6. The quantitative estimate of drug-likeness (QED) is 0.168. The summed E-state index contributed by atoms with van der Waals surface area (Å²) in [5.74, 6) is 0. The topological polar surface area (TPSA) is 25.8 Å². The van der Waals surface area contributed by atoms with Crippen molar-refractivity contribution in [3.63, 3.8) is 0 Å². The van der Waals surface area contributed by atoms with E-state index in [0.29, 0.717) is 16.8 Å². The van der Waals surface area contributed by atoms with Crippen LogP contribution in [0.25, 0.3) is 33.6 Å². The normalized spacial score (nSPS) is 14.1. The van der Waals surface area contributed by atoms with Crippen molar-refractivity contribution in [1.29, 1.82) is 0 Å². The molecular formula is C37H30IrN2-2. The van der Waals surface area contributed by atoms with Crippen molar-refractivity contribution < 1.29 is 31.1 Å². The van der Waals surface area contributed by atoms with Gasteiger partial charge in [0.15, 0.2) is 0 Å². The standard InChI is InChI=1S/C25H20N.C12H10N.Ir/c1-19-18-26-25(17-24(19)15-20-9-4-2-5-10-20)23-14-8-13-22(16-23)21-11-6-3-7-12-21;1-10-7-8-12(13-9-10)11-5-3-2-4-6-11;/h2-13,16-18H,15H2,1H3;2-5,7-9H,1H3;/q2*-1;/i1D3,15D2;1D3;. The Hall–Kier alpha value is -4.17. The third-order valence-corrected chi connectivity index (χ3v) is 5.89. The van der Waals surface area contributed by atoms with Crippen molar-refractivity contribution in [2.45, 2.75) is 20.1 Å². The minimum absolute atomic E-state index is 0. The molecule has 0 atom stereocenters. The van der Waals surface area contributed by atoms with Gasteiger partial charge in [0, 0.05) is 43.5 Å². The van der Waals surface area contributed by atoms with E-state index < -0.39 is 20.1 Å². The zero-order chi connectivity index (χ0) is 33.7. The Labute approximate surface area is 262 Å². The maximum Gasteiger partial charge on any atom is 0.0366 e. The third kappa shape index (κ3) is 7.70. The molecule has 40 heavy (non-hydrogen) atoms. The summed E-state index contributed by atoms with van der Waals surface area (Å²) in [5, 5.41) is 0. The first-order chi connectivity index (χ1) is 22.3. The van der Waals surface area contributed by atoms with E-state index in [1.165, 1.54) is 18.5 Å². The van der Waals surface area contributed by atoms with Crippen molar-refractivity contribution in [2.24, 2.45) is 0 Å². The molecule has 0 saturated heterocycles. The monoisotopic (exact) mass is 703 g/mol. The number of nitrogens with zero attached hydrogens (tertiary/aromatic N) is 2. The second kappa shape index (κ2) is 14.3. The van der Waals surface area contributed by atoms with Gasteiger partial charge in [0.1, 0.15) is 0 Å². The number of aromatic nitrogens is 2. The van der Waals surface area contributed by atoms with Gasteiger partial charge in [-0.15, -0.1) is 71.3 Å². The van der Waals surface area contributed by atoms with Crippen molar-refractivity contribution in [3.05, 3.63) is 168 Å². The molecule has 0 saturated carbocycles. The summed E-state index contributed by atoms with van der Waals surface area (Å²) in [5.41, 5.74) is 5.39. The summed E-state index contributed by atoms with van der Waals surface area (Å²) in [6.45, 7) is -4.58. The first kappa shape index (κ1) is 19.8. The summed E-state index contributed by atoms with van der Waals surface area (Å²) in [7, 11) is 0. The Morgan fingerprint density at radius 3 is 2.10 bits per heavy atom. The molecule has 0 aliphatic rings. The number of benzene rings is 4. The molecule has 0 bridgehead atoms. The van der Waals surface area contributed by atoms with Gasteiger partial charge in [0.25, 0.3) is 0 Å². The van der Waals surface area contributed by atoms with Crippen LogP contribution < -0.4 is 0 Å². The number of hydrogen-bond acceptors (Lipinski definition) is 2. The van der Waals surface area contributed by atoms with E-state index in [4.69, 9.17) is 11.0 Å². The molecule has 4 aromatic carbocycles. The van der Waals surface area contributed by atoms with Gasteiger partial charge >= 0.3 is 0 Å². The molecule has 0 aliphatic carbocycles. The fourth-order valence-corrected chi connectivity index (χ4v) is 3.91. The minimum atomic E-state index is -2.49. The Balaban J connectivity index is 0.000000258. The third-order valence-electron chi connectivity index (χ3n) is 5.89. The second-order valence-corrected chi connectivity index (χ2v) is 8.67. The Kier molecular flexibility index (Phi) is 7.08. The number of rotatable bonds is 5. The van der Waals surface area contributed by atoms with Crippen LogP contribution in [0.3, 0.4) is 0 Å². The molecule has 1 radical (unpaired) electrons. The molecule has 0 spiro atoms. The van der Waals surface area contributed by atoms with Gasteiger partial charge in [-0.3, -0.25) is 0 Å². The van der Waals surface area contributed by atoms with Crippen LogP contribution in [0, 0.1) is 25.8 Å². The predicted molar refractivity (Wildman–Crippen MR) is 161 cm³/mol. The molecule has 2 heterocycles. The van der Waals surface area contributed by atoms with Gasteiger partial charge < -0.3 is 9.97 Å². The van der Waals surface area contributed by atoms with Crippen molar-refractivity contribution in [2.75, 3.05) is 0 Å². The summed E-state index contributed by atoms with van der Waals surface area (Å²) < 4.78 is 62.9. The Morgan fingerprint density at radius 1 is 0.650 bits per heavy atom. The van der Waals surface area contributed by atoms with Gasteiger partial charge in [-0.1, -0.05) is 78.9 Å². The van der Waals surface area contributed by atoms with Gasteiger partial charge in [0.2, 0.25) is 0 Å². The first-order valence-corrected chi connectivity index (χ1v) is 12.4. The molecule has 3 heteroatoms. The molecule has 0 fully saturated rings. The van der Waals surface area contributed by atoms with Crippen LogP contribution >= 0.6 is 0 Å². The van der Waals surface area contributed by atoms with Crippen LogP contribution in [0.2, 0.25) is 0 Å². The molecule has 2 nitrogen and oxygen atoms in total. The number of pyridine rings is 2. The van der Waals surface area contributed by atoms with Crippen LogP contribution in [0.4, 0.5) is 0 Å². The van der Waals surface area contributed by atoms with E-state index in [-0.39, 0.29) is 36.8 Å². The Morgan fingerprint density at radius 2 is 1.40 bits per heavy atom. The first-order valence-electron chi connectivity index (χ1n) is 16.4. The van der Waals surface area contributed by atoms with Gasteiger partial charge in [0.05, 0.1) is 0 Å². The molecule has 6 aromatic rings. The van der Waals surface area contributed by atoms with E-state index in [0.717, 1.165) is 22.4 Å². The molecule has 0 aliphatic heterocycles. The van der Waals surface area contributed by atoms with Crippen LogP contribution in [0.1, 0.15) is 33.2 Å². The number of aryl methyl sites for hydroxylation is 2. The smallest absolute Gasteiger partial charge is 0.0366 e. The van der Waals surface area contributed by atoms with Crippen molar-refractivity contribution in [1.82, 2.24) is 9.97 Å². The summed E-state index contributed by atoms with van der Waals surface area (Å²) >= 11 is 0. The van der Waals surface area contributed by atoms with Crippen LogP contribution in [0.5, 0.6) is 0 Å². The maximum absolute atomic E-state index is 8.74. The van der Waals surface area contributed by atoms with Gasteiger partial charge in [-0.05, 0) is 59.3 Å². The fraction of sp³-hybridized carbons (Fsp3) is 0.0811. The molecule has 6 rings (SSSR count). The average Bonchev–Trinajstić information content (AvgIpc) is 3.09. The predicted octanol–water partition coefficient (Wildman–Crippen LogP) is 8.97. The van der Waals surface area contributed by atoms with E-state index in [1.54, 1.807) is 54.6 Å². The van der Waals surface area contributed by atoms with Crippen molar-refractivity contribution >= 4 is 0 Å². The average molecular weight is 703 g/mol. The largest absolute Gasteiger partial charge is 0.304 e. The van der Waals surface area contributed by atoms with Crippen LogP contribution in [0.15, 0.2) is 134 Å². The second-order valence-electron chi connectivity index (χ2n) is 8.67. The van der Waals surface area contributed by atoms with Crippen LogP contribution in [-0.2, 0) is 26.5 Å². The fourth-order valence-electron chi connectivity index (χ4n) is 3.91. The van der Waals surface area contributed by atoms with Gasteiger partial charge in [-0.25, -0.2) is 0 Å². The summed E-state index contributed by atoms with van der Waals surface area (Å²) in [6.07, 6.45) is 0.657. The molecular weight excluding hydrogens is 665 g/mol. The molecule has 199 valence electrons. The molecule has 0 N–H and O–H groups in total. The Bertz CT molecular complexity index is 1910. The van der Waals surface area contributed by atoms with E-state index in [9.17, 15) is 0 Å². The zero-order valence-corrected chi connectivity index (χ0v) is 23.8. The molecule has 0 unspecified atom stereocenters. The van der Waals surface area contributed by atoms with E-state index >= 15 is 0 Å². The zero-order valence-electron chi connectivity index (χ0n) is 29.4.